The van der Waals surface area contributed by atoms with Crippen LogP contribution in [0.4, 0.5) is 11.4 Å². The van der Waals surface area contributed by atoms with Crippen LogP contribution in [0.2, 0.25) is 0 Å². The number of sulfonamides is 1. The van der Waals surface area contributed by atoms with Crippen molar-refractivity contribution in [3.8, 4) is 6.07 Å². The van der Waals surface area contributed by atoms with E-state index in [1.54, 1.807) is 25.3 Å². The number of fused-ring (bicyclic) bond motifs is 1. The molecule has 0 saturated heterocycles. The van der Waals surface area contributed by atoms with Gasteiger partial charge in [-0.3, -0.25) is 9.52 Å². The number of carbonyl (C=O) groups excluding carboxylic acids is 1. The topological polar surface area (TPSA) is 115 Å². The number of anilines is 2. The Hall–Kier alpha value is -3.31. The zero-order valence-corrected chi connectivity index (χ0v) is 15.6. The maximum Gasteiger partial charge on any atom is 0.261 e. The molecule has 0 unspecified atom stereocenters. The molecule has 0 aliphatic carbocycles. The molecule has 1 heterocycles. The second-order valence-electron chi connectivity index (χ2n) is 6.03. The Morgan fingerprint density at radius 2 is 1.89 bits per heavy atom. The monoisotopic (exact) mass is 382 g/mol. The quantitative estimate of drug-likeness (QED) is 0.626. The van der Waals surface area contributed by atoms with Crippen LogP contribution in [0.15, 0.2) is 47.5 Å². The number of aromatic nitrogens is 1. The molecule has 3 rings (SSSR count). The standard InChI is InChI=1S/C19H18N4O3S/c1-3-17(24)22-14-5-7-15(8-6-14)27(25,26)23-16-9-4-12(2)18-13(10-20)11-21-19(16)18/h4-9,11,21,23H,3H2,1-2H3,(H,22,24). The van der Waals surface area contributed by atoms with Gasteiger partial charge in [-0.2, -0.15) is 5.26 Å². The first kappa shape index (κ1) is 18.5. The Bertz CT molecular complexity index is 1160. The fourth-order valence-electron chi connectivity index (χ4n) is 2.76. The van der Waals surface area contributed by atoms with Gasteiger partial charge >= 0.3 is 0 Å². The van der Waals surface area contributed by atoms with Gasteiger partial charge in [0.1, 0.15) is 6.07 Å². The van der Waals surface area contributed by atoms with Gasteiger partial charge in [-0.15, -0.1) is 0 Å². The molecule has 1 amide bonds. The minimum Gasteiger partial charge on any atom is -0.358 e. The normalized spacial score (nSPS) is 11.1. The third kappa shape index (κ3) is 3.64. The second kappa shape index (κ2) is 7.13. The maximum atomic E-state index is 12.7. The lowest BCUT2D eigenvalue weighted by molar-refractivity contribution is -0.115. The summed E-state index contributed by atoms with van der Waals surface area (Å²) < 4.78 is 28.0. The average Bonchev–Trinajstić information content (AvgIpc) is 3.09. The minimum atomic E-state index is -3.83. The lowest BCUT2D eigenvalue weighted by atomic mass is 10.1. The van der Waals surface area contributed by atoms with Gasteiger partial charge in [0.05, 0.1) is 21.7 Å². The fourth-order valence-corrected chi connectivity index (χ4v) is 3.84. The van der Waals surface area contributed by atoms with E-state index >= 15 is 0 Å². The van der Waals surface area contributed by atoms with Crippen LogP contribution in [0.5, 0.6) is 0 Å². The molecule has 0 bridgehead atoms. The molecular weight excluding hydrogens is 364 g/mol. The van der Waals surface area contributed by atoms with Crippen molar-refractivity contribution < 1.29 is 13.2 Å². The Morgan fingerprint density at radius 1 is 1.19 bits per heavy atom. The highest BCUT2D eigenvalue weighted by Crippen LogP contribution is 2.30. The summed E-state index contributed by atoms with van der Waals surface area (Å²) in [7, 11) is -3.83. The number of benzene rings is 2. The Balaban J connectivity index is 1.92. The Morgan fingerprint density at radius 3 is 2.52 bits per heavy atom. The van der Waals surface area contributed by atoms with Crippen molar-refractivity contribution in [2.24, 2.45) is 0 Å². The van der Waals surface area contributed by atoms with Crippen molar-refractivity contribution in [1.29, 1.82) is 5.26 Å². The van der Waals surface area contributed by atoms with Crippen molar-refractivity contribution in [1.82, 2.24) is 4.98 Å². The molecule has 0 radical (unpaired) electrons. The molecule has 8 heteroatoms. The van der Waals surface area contributed by atoms with Gasteiger partial charge in [0.25, 0.3) is 10.0 Å². The molecule has 0 atom stereocenters. The van der Waals surface area contributed by atoms with Crippen LogP contribution < -0.4 is 10.0 Å². The van der Waals surface area contributed by atoms with Crippen molar-refractivity contribution >= 4 is 38.2 Å². The van der Waals surface area contributed by atoms with E-state index in [0.717, 1.165) is 5.56 Å². The fraction of sp³-hybridized carbons (Fsp3) is 0.158. The molecule has 7 nitrogen and oxygen atoms in total. The number of nitrogens with one attached hydrogen (secondary N) is 3. The number of hydrogen-bond donors (Lipinski definition) is 3. The van der Waals surface area contributed by atoms with Gasteiger partial charge in [0.2, 0.25) is 5.91 Å². The molecule has 0 aliphatic rings. The van der Waals surface area contributed by atoms with Crippen molar-refractivity contribution in [3.63, 3.8) is 0 Å². The molecule has 1 aromatic heterocycles. The molecule has 3 aromatic rings. The summed E-state index contributed by atoms with van der Waals surface area (Å²) in [5, 5.41) is 12.6. The van der Waals surface area contributed by atoms with Crippen molar-refractivity contribution in [2.45, 2.75) is 25.2 Å². The van der Waals surface area contributed by atoms with Crippen LogP contribution in [-0.2, 0) is 14.8 Å². The summed E-state index contributed by atoms with van der Waals surface area (Å²) in [6.07, 6.45) is 1.90. The molecule has 0 saturated carbocycles. The molecule has 27 heavy (non-hydrogen) atoms. The SMILES string of the molecule is CCC(=O)Nc1ccc(S(=O)(=O)Nc2ccc(C)c3c(C#N)c[nH]c23)cc1. The number of aromatic amines is 1. The molecule has 0 aliphatic heterocycles. The van der Waals surface area contributed by atoms with E-state index in [1.165, 1.54) is 24.3 Å². The van der Waals surface area contributed by atoms with Crippen molar-refractivity contribution in [2.75, 3.05) is 10.0 Å². The van der Waals surface area contributed by atoms with Crippen LogP contribution in [0.3, 0.4) is 0 Å². The minimum absolute atomic E-state index is 0.0674. The smallest absolute Gasteiger partial charge is 0.261 e. The van der Waals surface area contributed by atoms with Gasteiger partial charge in [-0.25, -0.2) is 8.42 Å². The van der Waals surface area contributed by atoms with E-state index in [0.29, 0.717) is 34.3 Å². The molecule has 0 fully saturated rings. The number of rotatable bonds is 5. The van der Waals surface area contributed by atoms with E-state index in [4.69, 9.17) is 0 Å². The summed E-state index contributed by atoms with van der Waals surface area (Å²) in [5.41, 5.74) is 2.78. The number of aryl methyl sites for hydroxylation is 1. The molecule has 0 spiro atoms. The Kier molecular flexibility index (Phi) is 4.88. The summed E-state index contributed by atoms with van der Waals surface area (Å²) >= 11 is 0. The highest BCUT2D eigenvalue weighted by molar-refractivity contribution is 7.92. The number of nitriles is 1. The van der Waals surface area contributed by atoms with Crippen LogP contribution in [0, 0.1) is 18.3 Å². The number of carbonyl (C=O) groups is 1. The van der Waals surface area contributed by atoms with Gasteiger partial charge in [0.15, 0.2) is 0 Å². The lowest BCUT2D eigenvalue weighted by Gasteiger charge is -2.11. The first-order valence-corrected chi connectivity index (χ1v) is 9.77. The number of nitrogens with zero attached hydrogens (tertiary/aromatic N) is 1. The predicted molar refractivity (Wildman–Crippen MR) is 104 cm³/mol. The zero-order valence-electron chi connectivity index (χ0n) is 14.8. The van der Waals surface area contributed by atoms with E-state index in [9.17, 15) is 18.5 Å². The summed E-state index contributed by atoms with van der Waals surface area (Å²) in [6.45, 7) is 3.59. The zero-order chi connectivity index (χ0) is 19.6. The van der Waals surface area contributed by atoms with E-state index in [1.807, 2.05) is 6.92 Å². The Labute approximate surface area is 157 Å². The maximum absolute atomic E-state index is 12.7. The predicted octanol–water partition coefficient (Wildman–Crippen LogP) is 3.50. The van der Waals surface area contributed by atoms with Crippen LogP contribution in [-0.4, -0.2) is 19.3 Å². The summed E-state index contributed by atoms with van der Waals surface area (Å²) in [6, 6.07) is 11.4. The summed E-state index contributed by atoms with van der Waals surface area (Å²) in [4.78, 5) is 14.4. The number of amides is 1. The first-order valence-electron chi connectivity index (χ1n) is 8.29. The third-order valence-electron chi connectivity index (χ3n) is 4.18. The van der Waals surface area contributed by atoms with E-state index < -0.39 is 10.0 Å². The largest absolute Gasteiger partial charge is 0.358 e. The molecule has 138 valence electrons. The highest BCUT2D eigenvalue weighted by Gasteiger charge is 2.18. The van der Waals surface area contributed by atoms with Gasteiger partial charge in [0, 0.05) is 23.7 Å². The van der Waals surface area contributed by atoms with Crippen LogP contribution in [0.25, 0.3) is 10.9 Å². The first-order chi connectivity index (χ1) is 12.9. The number of hydrogen-bond acceptors (Lipinski definition) is 4. The van der Waals surface area contributed by atoms with Gasteiger partial charge in [-0.1, -0.05) is 13.0 Å². The van der Waals surface area contributed by atoms with Gasteiger partial charge in [-0.05, 0) is 42.8 Å². The van der Waals surface area contributed by atoms with E-state index in [2.05, 4.69) is 21.1 Å². The third-order valence-corrected chi connectivity index (χ3v) is 5.56. The average molecular weight is 382 g/mol. The van der Waals surface area contributed by atoms with Gasteiger partial charge < -0.3 is 10.3 Å². The highest BCUT2D eigenvalue weighted by atomic mass is 32.2. The lowest BCUT2D eigenvalue weighted by Crippen LogP contribution is -2.14. The number of H-pyrrole nitrogens is 1. The summed E-state index contributed by atoms with van der Waals surface area (Å²) in [5.74, 6) is -0.147. The second-order valence-corrected chi connectivity index (χ2v) is 7.71. The van der Waals surface area contributed by atoms with E-state index in [-0.39, 0.29) is 10.8 Å². The van der Waals surface area contributed by atoms with Crippen LogP contribution in [0.1, 0.15) is 24.5 Å². The molecule has 2 aromatic carbocycles. The van der Waals surface area contributed by atoms with Crippen molar-refractivity contribution in [3.05, 3.63) is 53.7 Å². The molecular formula is C19H18N4O3S. The molecule has 3 N–H and O–H groups in total. The van der Waals surface area contributed by atoms with Crippen LogP contribution >= 0.6 is 0 Å².